The molecule has 4 heterocycles. The third-order valence-corrected chi connectivity index (χ3v) is 12.1. The van der Waals surface area contributed by atoms with E-state index < -0.39 is 11.6 Å². The number of nitrogens with zero attached hydrogens (tertiary/aromatic N) is 1. The molecule has 0 aliphatic rings. The first-order valence-electron chi connectivity index (χ1n) is 13.8. The molecule has 0 unspecified atom stereocenters. The highest BCUT2D eigenvalue weighted by Crippen LogP contribution is 2.48. The summed E-state index contributed by atoms with van der Waals surface area (Å²) in [5.41, 5.74) is 5.97. The van der Waals surface area contributed by atoms with Crippen molar-refractivity contribution >= 4 is 63.6 Å². The first kappa shape index (κ1) is 28.4. The van der Waals surface area contributed by atoms with Crippen LogP contribution in [0.25, 0.3) is 51.3 Å². The molecule has 0 aliphatic carbocycles. The van der Waals surface area contributed by atoms with Crippen LogP contribution in [0.1, 0.15) is 60.7 Å². The number of thiophene rings is 3. The summed E-state index contributed by atoms with van der Waals surface area (Å²) in [7, 11) is 0. The van der Waals surface area contributed by atoms with E-state index in [0.29, 0.717) is 11.5 Å². The van der Waals surface area contributed by atoms with Crippen LogP contribution < -0.4 is 0 Å². The van der Waals surface area contributed by atoms with Crippen molar-refractivity contribution in [3.63, 3.8) is 0 Å². The molecule has 212 valence electrons. The van der Waals surface area contributed by atoms with Crippen LogP contribution in [0.5, 0.6) is 0 Å². The maximum atomic E-state index is 13.4. The Hall–Kier alpha value is -2.74. The Labute approximate surface area is 250 Å². The van der Waals surface area contributed by atoms with Crippen LogP contribution in [0, 0.1) is 26.2 Å². The summed E-state index contributed by atoms with van der Waals surface area (Å²) in [6, 6.07) is 14.3. The molecule has 0 spiro atoms. The quantitative estimate of drug-likeness (QED) is 0.190. The molecule has 0 fully saturated rings. The standard InChI is InChI=1S/C34H32F3NS3/c1-17(2)25-14-23(15-26-28(25)27-18(3)20(5)39-32(27)40-26)29-31-24(12-13-38-29)19(4)30(41-31)22-10-8-21(9-11-22)16-33(6,7)34(35,36)37/h8-15,17H,16H2,1-7H3. The molecular weight excluding hydrogens is 576 g/mol. The first-order chi connectivity index (χ1) is 19.3. The topological polar surface area (TPSA) is 12.9 Å². The Bertz CT molecular complexity index is 1930. The molecule has 6 rings (SSSR count). The van der Waals surface area contributed by atoms with Gasteiger partial charge >= 0.3 is 6.18 Å². The van der Waals surface area contributed by atoms with Crippen LogP contribution >= 0.6 is 34.0 Å². The van der Waals surface area contributed by atoms with Crippen molar-refractivity contribution in [1.82, 2.24) is 4.98 Å². The first-order valence-corrected chi connectivity index (χ1v) is 16.2. The molecule has 0 aliphatic heterocycles. The van der Waals surface area contributed by atoms with Gasteiger partial charge in [0.05, 0.1) is 19.8 Å². The van der Waals surface area contributed by atoms with Crippen LogP contribution in [0.3, 0.4) is 0 Å². The molecule has 2 aromatic carbocycles. The molecule has 0 saturated heterocycles. The number of halogens is 3. The number of pyridine rings is 1. The highest BCUT2D eigenvalue weighted by atomic mass is 32.2. The summed E-state index contributed by atoms with van der Waals surface area (Å²) in [4.78, 5) is 7.41. The average Bonchev–Trinajstić information content (AvgIpc) is 3.52. The largest absolute Gasteiger partial charge is 0.394 e. The van der Waals surface area contributed by atoms with E-state index in [1.54, 1.807) is 11.3 Å². The van der Waals surface area contributed by atoms with Crippen molar-refractivity contribution in [2.24, 2.45) is 5.41 Å². The SMILES string of the molecule is Cc1sc2sc3cc(-c4nccc5c(C)c(-c6ccc(CC(C)(C)C(F)(F)F)cc6)sc45)cc(C(C)C)c3c2c1C. The van der Waals surface area contributed by atoms with Crippen LogP contribution in [-0.4, -0.2) is 11.2 Å². The Morgan fingerprint density at radius 1 is 0.829 bits per heavy atom. The van der Waals surface area contributed by atoms with Crippen molar-refractivity contribution in [3.8, 4) is 21.7 Å². The molecule has 0 N–H and O–H groups in total. The second-order valence-electron chi connectivity index (χ2n) is 12.0. The lowest BCUT2D eigenvalue weighted by Crippen LogP contribution is -2.34. The van der Waals surface area contributed by atoms with E-state index in [0.717, 1.165) is 26.4 Å². The molecule has 0 amide bonds. The van der Waals surface area contributed by atoms with E-state index in [9.17, 15) is 13.2 Å². The van der Waals surface area contributed by atoms with Gasteiger partial charge in [0.15, 0.2) is 0 Å². The fourth-order valence-corrected chi connectivity index (χ4v) is 9.73. The predicted octanol–water partition coefficient (Wildman–Crippen LogP) is 12.2. The predicted molar refractivity (Wildman–Crippen MR) is 173 cm³/mol. The number of rotatable bonds is 5. The lowest BCUT2D eigenvalue weighted by Gasteiger charge is -2.27. The minimum atomic E-state index is -4.24. The second-order valence-corrected chi connectivity index (χ2v) is 15.5. The van der Waals surface area contributed by atoms with Crippen LogP contribution in [0.2, 0.25) is 0 Å². The molecule has 1 nitrogen and oxygen atoms in total. The maximum absolute atomic E-state index is 13.4. The summed E-state index contributed by atoms with van der Waals surface area (Å²) in [5, 5.41) is 3.96. The molecule has 0 bridgehead atoms. The van der Waals surface area contributed by atoms with Gasteiger partial charge in [-0.25, -0.2) is 0 Å². The molecule has 0 radical (unpaired) electrons. The highest BCUT2D eigenvalue weighted by Gasteiger charge is 2.46. The van der Waals surface area contributed by atoms with Crippen LogP contribution in [-0.2, 0) is 6.42 Å². The lowest BCUT2D eigenvalue weighted by molar-refractivity contribution is -0.211. The molecule has 6 aromatic rings. The van der Waals surface area contributed by atoms with E-state index in [1.807, 2.05) is 53.1 Å². The number of hydrogen-bond donors (Lipinski definition) is 0. The van der Waals surface area contributed by atoms with Crippen molar-refractivity contribution in [2.45, 2.75) is 67.0 Å². The van der Waals surface area contributed by atoms with Gasteiger partial charge in [-0.3, -0.25) is 4.98 Å². The van der Waals surface area contributed by atoms with Crippen molar-refractivity contribution < 1.29 is 13.2 Å². The van der Waals surface area contributed by atoms with E-state index >= 15 is 0 Å². The lowest BCUT2D eigenvalue weighted by atomic mass is 9.85. The fourth-order valence-electron chi connectivity index (χ4n) is 5.65. The zero-order valence-corrected chi connectivity index (χ0v) is 26.7. The third-order valence-electron chi connectivity index (χ3n) is 8.32. The number of aromatic nitrogens is 1. The molecule has 0 saturated carbocycles. The zero-order valence-electron chi connectivity index (χ0n) is 24.2. The smallest absolute Gasteiger partial charge is 0.255 e. The minimum absolute atomic E-state index is 0.0452. The van der Waals surface area contributed by atoms with E-state index in [1.165, 1.54) is 60.3 Å². The normalized spacial score (nSPS) is 13.0. The van der Waals surface area contributed by atoms with E-state index in [2.05, 4.69) is 52.8 Å². The van der Waals surface area contributed by atoms with E-state index in [-0.39, 0.29) is 6.42 Å². The monoisotopic (exact) mass is 607 g/mol. The molecule has 4 aromatic heterocycles. The van der Waals surface area contributed by atoms with Gasteiger partial charge in [-0.15, -0.1) is 34.0 Å². The number of benzene rings is 2. The summed E-state index contributed by atoms with van der Waals surface area (Å²) >= 11 is 5.48. The van der Waals surface area contributed by atoms with Gasteiger partial charge in [0.1, 0.15) is 0 Å². The van der Waals surface area contributed by atoms with Gasteiger partial charge in [-0.2, -0.15) is 13.2 Å². The van der Waals surface area contributed by atoms with Crippen molar-refractivity contribution in [1.29, 1.82) is 0 Å². The average molecular weight is 608 g/mol. The number of alkyl halides is 3. The van der Waals surface area contributed by atoms with Gasteiger partial charge in [-0.05, 0) is 84.5 Å². The molecule has 41 heavy (non-hydrogen) atoms. The fraction of sp³-hybridized carbons (Fsp3) is 0.324. The number of fused-ring (bicyclic) bond motifs is 4. The van der Waals surface area contributed by atoms with Crippen LogP contribution in [0.4, 0.5) is 13.2 Å². The molecule has 7 heteroatoms. The Morgan fingerprint density at radius 2 is 1.54 bits per heavy atom. The number of hydrogen-bond acceptors (Lipinski definition) is 4. The van der Waals surface area contributed by atoms with E-state index in [4.69, 9.17) is 4.98 Å². The van der Waals surface area contributed by atoms with Crippen molar-refractivity contribution in [2.75, 3.05) is 0 Å². The number of aryl methyl sites for hydroxylation is 3. The Kier molecular flexibility index (Phi) is 6.87. The summed E-state index contributed by atoms with van der Waals surface area (Å²) in [5.74, 6) is 0.371. The molecule has 0 atom stereocenters. The van der Waals surface area contributed by atoms with Crippen LogP contribution in [0.15, 0.2) is 48.7 Å². The minimum Gasteiger partial charge on any atom is -0.255 e. The van der Waals surface area contributed by atoms with Gasteiger partial charge in [0, 0.05) is 37.0 Å². The Balaban J connectivity index is 1.45. The van der Waals surface area contributed by atoms with Gasteiger partial charge in [-0.1, -0.05) is 52.0 Å². The maximum Gasteiger partial charge on any atom is 0.394 e. The third kappa shape index (κ3) is 4.70. The Morgan fingerprint density at radius 3 is 2.20 bits per heavy atom. The molecular formula is C34H32F3NS3. The van der Waals surface area contributed by atoms with Crippen molar-refractivity contribution in [3.05, 3.63) is 75.8 Å². The highest BCUT2D eigenvalue weighted by molar-refractivity contribution is 7.41. The summed E-state index contributed by atoms with van der Waals surface area (Å²) < 4.78 is 44.1. The summed E-state index contributed by atoms with van der Waals surface area (Å²) in [6.07, 6.45) is -2.40. The van der Waals surface area contributed by atoms with Gasteiger partial charge in [0.25, 0.3) is 0 Å². The summed E-state index contributed by atoms with van der Waals surface area (Å²) in [6.45, 7) is 13.6. The van der Waals surface area contributed by atoms with Gasteiger partial charge in [0.2, 0.25) is 0 Å². The second kappa shape index (κ2) is 9.92. The zero-order chi connectivity index (χ0) is 29.4. The van der Waals surface area contributed by atoms with Gasteiger partial charge < -0.3 is 0 Å².